The Hall–Kier alpha value is -1.39. The fourth-order valence-electron chi connectivity index (χ4n) is 6.01. The molecule has 2 aromatic rings. The Morgan fingerprint density at radius 1 is 0.475 bits per heavy atom. The summed E-state index contributed by atoms with van der Waals surface area (Å²) in [4.78, 5) is 0.00651. The second-order valence-corrected chi connectivity index (χ2v) is 13.6. The Morgan fingerprint density at radius 2 is 0.825 bits per heavy atom. The van der Waals surface area contributed by atoms with Crippen molar-refractivity contribution in [1.82, 2.24) is 0 Å². The Morgan fingerprint density at radius 3 is 1.20 bits per heavy atom. The van der Waals surface area contributed by atoms with Crippen LogP contribution in [-0.2, 0) is 23.0 Å². The smallest absolute Gasteiger partial charge is 0.282 e. The Bertz CT molecular complexity index is 1030. The van der Waals surface area contributed by atoms with Crippen LogP contribution in [0.1, 0.15) is 166 Å². The van der Waals surface area contributed by atoms with Crippen LogP contribution in [0.4, 0.5) is 0 Å². The average Bonchev–Trinajstić information content (AvgIpc) is 2.94. The van der Waals surface area contributed by atoms with Gasteiger partial charge < -0.3 is 0 Å². The Labute approximate surface area is 247 Å². The zero-order valence-corrected chi connectivity index (χ0v) is 26.8. The minimum absolute atomic E-state index is 0.00651. The molecule has 0 fully saturated rings. The molecule has 0 bridgehead atoms. The van der Waals surface area contributed by atoms with E-state index in [0.717, 1.165) is 30.0 Å². The van der Waals surface area contributed by atoms with E-state index in [1.165, 1.54) is 146 Å². The summed E-state index contributed by atoms with van der Waals surface area (Å²) >= 11 is 0. The molecule has 0 aliphatic heterocycles. The lowest BCUT2D eigenvalue weighted by atomic mass is 9.93. The number of rotatable bonds is 25. The lowest BCUT2D eigenvalue weighted by molar-refractivity contribution is 0.483. The van der Waals surface area contributed by atoms with E-state index >= 15 is 0 Å². The van der Waals surface area contributed by atoms with Crippen LogP contribution in [0.3, 0.4) is 0 Å². The second kappa shape index (κ2) is 21.3. The van der Waals surface area contributed by atoms with E-state index in [2.05, 4.69) is 26.0 Å². The Balaban J connectivity index is 1.80. The fourth-order valence-corrected chi connectivity index (χ4v) is 6.51. The topological polar surface area (TPSA) is 54.4 Å². The van der Waals surface area contributed by atoms with Crippen molar-refractivity contribution in [2.75, 3.05) is 0 Å². The molecule has 0 radical (unpaired) electrons. The third-order valence-corrected chi connectivity index (χ3v) is 9.42. The summed E-state index contributed by atoms with van der Waals surface area (Å²) in [5.41, 5.74) is 2.51. The molecule has 0 aliphatic rings. The van der Waals surface area contributed by atoms with E-state index in [1.807, 2.05) is 6.07 Å². The van der Waals surface area contributed by atoms with E-state index in [4.69, 9.17) is 0 Å². The van der Waals surface area contributed by atoms with Gasteiger partial charge in [0.25, 0.3) is 10.1 Å². The predicted molar refractivity (Wildman–Crippen MR) is 174 cm³/mol. The van der Waals surface area contributed by atoms with Crippen molar-refractivity contribution in [2.45, 2.75) is 173 Å². The maximum absolute atomic E-state index is 11.9. The van der Waals surface area contributed by atoms with Crippen LogP contribution < -0.4 is 0 Å². The first-order chi connectivity index (χ1) is 19.5. The third kappa shape index (κ3) is 14.5. The van der Waals surface area contributed by atoms with Gasteiger partial charge in [0, 0.05) is 0 Å². The highest BCUT2D eigenvalue weighted by atomic mass is 32.2. The monoisotopic (exact) mass is 572 g/mol. The summed E-state index contributed by atoms with van der Waals surface area (Å²) < 4.78 is 33.4. The SMILES string of the molecule is CCCCCCCCCCCCCc1ccc(CCCCCCCCCCCCC)c2cc(S(=O)(=O)O)ccc12. The van der Waals surface area contributed by atoms with Crippen molar-refractivity contribution in [3.63, 3.8) is 0 Å². The van der Waals surface area contributed by atoms with Crippen LogP contribution in [-0.4, -0.2) is 13.0 Å². The molecule has 1 N–H and O–H groups in total. The summed E-state index contributed by atoms with van der Waals surface area (Å²) in [6, 6.07) is 9.65. The first-order valence-electron chi connectivity index (χ1n) is 17.0. The molecule has 2 rings (SSSR count). The zero-order chi connectivity index (χ0) is 28.9. The molecular weight excluding hydrogens is 512 g/mol. The average molecular weight is 573 g/mol. The quantitative estimate of drug-likeness (QED) is 0.0950. The predicted octanol–water partition coefficient (Wildman–Crippen LogP) is 11.8. The molecule has 0 spiro atoms. The van der Waals surface area contributed by atoms with Crippen molar-refractivity contribution in [3.8, 4) is 0 Å². The van der Waals surface area contributed by atoms with Crippen molar-refractivity contribution in [1.29, 1.82) is 0 Å². The lowest BCUT2D eigenvalue weighted by Crippen LogP contribution is -2.00. The van der Waals surface area contributed by atoms with Crippen molar-refractivity contribution in [2.24, 2.45) is 0 Å². The number of fused-ring (bicyclic) bond motifs is 1. The van der Waals surface area contributed by atoms with Crippen LogP contribution >= 0.6 is 0 Å². The van der Waals surface area contributed by atoms with Crippen LogP contribution in [0.25, 0.3) is 10.8 Å². The first kappa shape index (κ1) is 34.8. The van der Waals surface area contributed by atoms with Gasteiger partial charge in [0.05, 0.1) is 4.90 Å². The van der Waals surface area contributed by atoms with Gasteiger partial charge in [-0.1, -0.05) is 160 Å². The maximum Gasteiger partial charge on any atom is 0.294 e. The Kier molecular flexibility index (Phi) is 18.6. The highest BCUT2D eigenvalue weighted by Crippen LogP contribution is 2.29. The number of hydrogen-bond acceptors (Lipinski definition) is 2. The van der Waals surface area contributed by atoms with Crippen LogP contribution in [0.5, 0.6) is 0 Å². The number of aryl methyl sites for hydroxylation is 2. The molecule has 2 aromatic carbocycles. The summed E-state index contributed by atoms with van der Waals surface area (Å²) in [5, 5.41) is 2.16. The second-order valence-electron chi connectivity index (χ2n) is 12.1. The minimum Gasteiger partial charge on any atom is -0.282 e. The molecule has 0 aromatic heterocycles. The van der Waals surface area contributed by atoms with Gasteiger partial charge in [0.15, 0.2) is 0 Å². The first-order valence-corrected chi connectivity index (χ1v) is 18.4. The fraction of sp³-hybridized carbons (Fsp3) is 0.722. The molecule has 40 heavy (non-hydrogen) atoms. The minimum atomic E-state index is -4.21. The number of hydrogen-bond donors (Lipinski definition) is 1. The molecule has 0 atom stereocenters. The summed E-state index contributed by atoms with van der Waals surface area (Å²) in [7, 11) is -4.21. The lowest BCUT2D eigenvalue weighted by Gasteiger charge is -2.13. The molecule has 0 unspecified atom stereocenters. The molecule has 0 saturated heterocycles. The highest BCUT2D eigenvalue weighted by Gasteiger charge is 2.13. The molecule has 0 saturated carbocycles. The van der Waals surface area contributed by atoms with Gasteiger partial charge in [0.2, 0.25) is 0 Å². The van der Waals surface area contributed by atoms with Gasteiger partial charge in [-0.25, -0.2) is 0 Å². The van der Waals surface area contributed by atoms with Gasteiger partial charge in [-0.05, 0) is 59.7 Å². The normalized spacial score (nSPS) is 12.0. The van der Waals surface area contributed by atoms with E-state index in [0.29, 0.717) is 0 Å². The highest BCUT2D eigenvalue weighted by molar-refractivity contribution is 7.85. The van der Waals surface area contributed by atoms with Gasteiger partial charge >= 0.3 is 0 Å². The zero-order valence-electron chi connectivity index (χ0n) is 26.0. The van der Waals surface area contributed by atoms with E-state index in [1.54, 1.807) is 12.1 Å². The van der Waals surface area contributed by atoms with Crippen LogP contribution in [0.15, 0.2) is 35.2 Å². The van der Waals surface area contributed by atoms with Gasteiger partial charge in [0.1, 0.15) is 0 Å². The van der Waals surface area contributed by atoms with Crippen molar-refractivity contribution >= 4 is 20.9 Å². The van der Waals surface area contributed by atoms with Crippen LogP contribution in [0.2, 0.25) is 0 Å². The van der Waals surface area contributed by atoms with E-state index in [9.17, 15) is 13.0 Å². The largest absolute Gasteiger partial charge is 0.294 e. The summed E-state index contributed by atoms with van der Waals surface area (Å²) in [6.45, 7) is 4.54. The molecule has 0 heterocycles. The van der Waals surface area contributed by atoms with Gasteiger partial charge in [-0.15, -0.1) is 0 Å². The summed E-state index contributed by atoms with van der Waals surface area (Å²) in [6.07, 6.45) is 31.2. The molecule has 3 nitrogen and oxygen atoms in total. The standard InChI is InChI=1S/C36H60O3S/c1-3-5-7-9-11-13-15-17-19-21-23-25-32-27-28-33(36-31-34(40(37,38)39)29-30-35(32)36)26-24-22-20-18-16-14-12-10-8-6-4-2/h27-31H,3-26H2,1-2H3,(H,37,38,39). The molecule has 0 aliphatic carbocycles. The molecule has 0 amide bonds. The third-order valence-electron chi connectivity index (χ3n) is 8.57. The number of unbranched alkanes of at least 4 members (excludes halogenated alkanes) is 20. The molecule has 228 valence electrons. The van der Waals surface area contributed by atoms with E-state index < -0.39 is 10.1 Å². The van der Waals surface area contributed by atoms with Crippen LogP contribution in [0, 0.1) is 0 Å². The maximum atomic E-state index is 11.9. The summed E-state index contributed by atoms with van der Waals surface area (Å²) in [5.74, 6) is 0. The van der Waals surface area contributed by atoms with E-state index in [-0.39, 0.29) is 4.90 Å². The number of benzene rings is 2. The molecule has 4 heteroatoms. The molecular formula is C36H60O3S. The van der Waals surface area contributed by atoms with Gasteiger partial charge in [-0.2, -0.15) is 8.42 Å². The van der Waals surface area contributed by atoms with Crippen molar-refractivity contribution in [3.05, 3.63) is 41.5 Å². The van der Waals surface area contributed by atoms with Crippen molar-refractivity contribution < 1.29 is 13.0 Å². The van der Waals surface area contributed by atoms with Gasteiger partial charge in [-0.3, -0.25) is 4.55 Å².